The number of rotatable bonds is 1. The van der Waals surface area contributed by atoms with Crippen LogP contribution in [0, 0.1) is 0 Å². The summed E-state index contributed by atoms with van der Waals surface area (Å²) >= 11 is 0. The third-order valence-corrected chi connectivity index (χ3v) is 0.215. The van der Waals surface area contributed by atoms with Gasteiger partial charge in [-0.3, -0.25) is 0 Å². The molecule has 0 aliphatic rings. The van der Waals surface area contributed by atoms with E-state index in [0.29, 0.717) is 6.29 Å². The van der Waals surface area contributed by atoms with Gasteiger partial charge < -0.3 is 10.5 Å². The van der Waals surface area contributed by atoms with Gasteiger partial charge in [-0.25, -0.2) is 0 Å². The molecule has 0 aliphatic heterocycles. The second-order valence-corrected chi connectivity index (χ2v) is 1.08. The molecule has 4 heteroatoms. The van der Waals surface area contributed by atoms with Crippen molar-refractivity contribution in [3.05, 3.63) is 0 Å². The third-order valence-electron chi connectivity index (χ3n) is 0.215. The molecule has 0 aromatic carbocycles. The minimum Gasteiger partial charge on any atom is -0.322 e. The normalized spacial score (nSPS) is 9.75. The van der Waals surface area contributed by atoms with Crippen molar-refractivity contribution in [3.8, 4) is 0 Å². The molecular formula is C4H7NO3. The van der Waals surface area contributed by atoms with Crippen molar-refractivity contribution < 1.29 is 14.4 Å². The van der Waals surface area contributed by atoms with Gasteiger partial charge in [0.2, 0.25) is 0 Å². The Morgan fingerprint density at radius 3 is 1.75 bits per heavy atom. The molecule has 4 nitrogen and oxygen atoms in total. The van der Waals surface area contributed by atoms with Crippen LogP contribution in [0.25, 0.3) is 0 Å². The SMILES string of the molecule is CC(N)C=O.O=C=O. The van der Waals surface area contributed by atoms with Gasteiger partial charge in [-0.1, -0.05) is 0 Å². The van der Waals surface area contributed by atoms with Crippen molar-refractivity contribution in [2.45, 2.75) is 13.0 Å². The molecule has 0 saturated heterocycles. The summed E-state index contributed by atoms with van der Waals surface area (Å²) in [7, 11) is 0. The van der Waals surface area contributed by atoms with Gasteiger partial charge in [0.15, 0.2) is 0 Å². The largest absolute Gasteiger partial charge is 0.373 e. The quantitative estimate of drug-likeness (QED) is 0.444. The number of aldehydes is 1. The molecule has 1 unspecified atom stereocenters. The van der Waals surface area contributed by atoms with E-state index in [1.807, 2.05) is 0 Å². The van der Waals surface area contributed by atoms with E-state index in [2.05, 4.69) is 0 Å². The number of carbonyl (C=O) groups is 1. The van der Waals surface area contributed by atoms with Crippen LogP contribution >= 0.6 is 0 Å². The first-order valence-electron chi connectivity index (χ1n) is 1.89. The maximum absolute atomic E-state index is 9.38. The smallest absolute Gasteiger partial charge is 0.322 e. The molecule has 0 aromatic heterocycles. The van der Waals surface area contributed by atoms with Crippen LogP contribution in [0.5, 0.6) is 0 Å². The molecule has 0 amide bonds. The number of hydrogen-bond acceptors (Lipinski definition) is 4. The molecule has 0 bridgehead atoms. The lowest BCUT2D eigenvalue weighted by Gasteiger charge is -1.80. The Morgan fingerprint density at radius 2 is 1.75 bits per heavy atom. The van der Waals surface area contributed by atoms with Crippen molar-refractivity contribution in [2.75, 3.05) is 0 Å². The third kappa shape index (κ3) is 79.0. The number of hydrogen-bond donors (Lipinski definition) is 1. The molecular weight excluding hydrogens is 110 g/mol. The van der Waals surface area contributed by atoms with Crippen molar-refractivity contribution in [1.29, 1.82) is 0 Å². The summed E-state index contributed by atoms with van der Waals surface area (Å²) in [5, 5.41) is 0. The van der Waals surface area contributed by atoms with Crippen molar-refractivity contribution in [3.63, 3.8) is 0 Å². The zero-order chi connectivity index (χ0) is 6.99. The second kappa shape index (κ2) is 9.38. The molecule has 46 valence electrons. The van der Waals surface area contributed by atoms with E-state index in [1.54, 1.807) is 6.92 Å². The second-order valence-electron chi connectivity index (χ2n) is 1.08. The molecule has 2 N–H and O–H groups in total. The van der Waals surface area contributed by atoms with Crippen LogP contribution in [0.3, 0.4) is 0 Å². The van der Waals surface area contributed by atoms with Gasteiger partial charge in [-0.2, -0.15) is 9.59 Å². The van der Waals surface area contributed by atoms with E-state index in [4.69, 9.17) is 15.3 Å². The predicted octanol–water partition coefficient (Wildman–Crippen LogP) is -1.05. The lowest BCUT2D eigenvalue weighted by atomic mass is 10.4. The van der Waals surface area contributed by atoms with Crippen LogP contribution in [-0.2, 0) is 14.4 Å². The van der Waals surface area contributed by atoms with Gasteiger partial charge in [0.25, 0.3) is 0 Å². The van der Waals surface area contributed by atoms with Crippen LogP contribution in [0.4, 0.5) is 0 Å². The summed E-state index contributed by atoms with van der Waals surface area (Å²) < 4.78 is 0. The molecule has 0 aromatic rings. The maximum Gasteiger partial charge on any atom is 0.373 e. The summed E-state index contributed by atoms with van der Waals surface area (Å²) in [4.78, 5) is 25.6. The van der Waals surface area contributed by atoms with E-state index in [0.717, 1.165) is 0 Å². The highest BCUT2D eigenvalue weighted by atomic mass is 16.2. The van der Waals surface area contributed by atoms with Crippen LogP contribution in [0.2, 0.25) is 0 Å². The molecule has 8 heavy (non-hydrogen) atoms. The lowest BCUT2D eigenvalue weighted by Crippen LogP contribution is -2.15. The van der Waals surface area contributed by atoms with Gasteiger partial charge in [0, 0.05) is 0 Å². The highest BCUT2D eigenvalue weighted by Gasteiger charge is 1.79. The Morgan fingerprint density at radius 1 is 1.62 bits per heavy atom. The summed E-state index contributed by atoms with van der Waals surface area (Å²) in [5.41, 5.74) is 4.92. The zero-order valence-corrected chi connectivity index (χ0v) is 4.46. The molecule has 1 atom stereocenters. The average molecular weight is 117 g/mol. The fourth-order valence-electron chi connectivity index (χ4n) is 0. The standard InChI is InChI=1S/C3H7NO.CO2/c1-3(4)2-5;2-1-3/h2-3H,4H2,1H3;. The Hall–Kier alpha value is -0.990. The van der Waals surface area contributed by atoms with Crippen molar-refractivity contribution in [2.24, 2.45) is 5.73 Å². The Bertz CT molecular complexity index is 83.3. The first-order valence-corrected chi connectivity index (χ1v) is 1.89. The van der Waals surface area contributed by atoms with E-state index >= 15 is 0 Å². The minimum atomic E-state index is -0.296. The summed E-state index contributed by atoms with van der Waals surface area (Å²) in [6, 6.07) is -0.296. The molecule has 0 saturated carbocycles. The summed E-state index contributed by atoms with van der Waals surface area (Å²) in [6.07, 6.45) is 0.944. The Labute approximate surface area is 46.7 Å². The van der Waals surface area contributed by atoms with E-state index in [1.165, 1.54) is 0 Å². The lowest BCUT2D eigenvalue weighted by molar-refractivity contribution is -0.191. The highest BCUT2D eigenvalue weighted by molar-refractivity contribution is 5.55. The maximum atomic E-state index is 9.38. The molecule has 0 radical (unpaired) electrons. The summed E-state index contributed by atoms with van der Waals surface area (Å²) in [5.74, 6) is 0. The monoisotopic (exact) mass is 117 g/mol. The van der Waals surface area contributed by atoms with Gasteiger partial charge in [0.05, 0.1) is 6.04 Å². The fourth-order valence-corrected chi connectivity index (χ4v) is 0. The van der Waals surface area contributed by atoms with Gasteiger partial charge >= 0.3 is 6.15 Å². The van der Waals surface area contributed by atoms with Crippen LogP contribution in [-0.4, -0.2) is 18.5 Å². The molecule has 0 aliphatic carbocycles. The Kier molecular flexibility index (Phi) is 11.8. The molecule has 0 fully saturated rings. The van der Waals surface area contributed by atoms with Crippen LogP contribution in [0.15, 0.2) is 0 Å². The molecule has 0 spiro atoms. The topological polar surface area (TPSA) is 77.2 Å². The molecule has 0 rings (SSSR count). The molecule has 0 heterocycles. The fraction of sp³-hybridized carbons (Fsp3) is 0.500. The number of carbonyl (C=O) groups excluding carboxylic acids is 3. The first kappa shape index (κ1) is 10.1. The average Bonchev–Trinajstić information content (AvgIpc) is 1.69. The van der Waals surface area contributed by atoms with E-state index in [-0.39, 0.29) is 12.2 Å². The van der Waals surface area contributed by atoms with Gasteiger partial charge in [0.1, 0.15) is 6.29 Å². The van der Waals surface area contributed by atoms with Crippen LogP contribution in [0.1, 0.15) is 6.92 Å². The first-order chi connectivity index (χ1) is 3.68. The van der Waals surface area contributed by atoms with Crippen molar-refractivity contribution in [1.82, 2.24) is 0 Å². The van der Waals surface area contributed by atoms with E-state index < -0.39 is 0 Å². The summed E-state index contributed by atoms with van der Waals surface area (Å²) in [6.45, 7) is 1.63. The minimum absolute atomic E-state index is 0.250. The van der Waals surface area contributed by atoms with Gasteiger partial charge in [-0.15, -0.1) is 0 Å². The Balaban J connectivity index is 0. The van der Waals surface area contributed by atoms with E-state index in [9.17, 15) is 4.79 Å². The van der Waals surface area contributed by atoms with Gasteiger partial charge in [-0.05, 0) is 6.92 Å². The van der Waals surface area contributed by atoms with Crippen molar-refractivity contribution >= 4 is 12.4 Å². The highest BCUT2D eigenvalue weighted by Crippen LogP contribution is 1.55. The number of nitrogens with two attached hydrogens (primary N) is 1. The van der Waals surface area contributed by atoms with Crippen LogP contribution < -0.4 is 5.73 Å². The zero-order valence-electron chi connectivity index (χ0n) is 4.46. The predicted molar refractivity (Wildman–Crippen MR) is 24.7 cm³/mol.